The number of carbonyl (C=O) groups excluding carboxylic acids is 4. The van der Waals surface area contributed by atoms with Crippen LogP contribution in [0.4, 0.5) is 0 Å². The highest BCUT2D eigenvalue weighted by molar-refractivity contribution is 5.95. The molecule has 5 aromatic rings. The van der Waals surface area contributed by atoms with E-state index in [1.54, 1.807) is 72.8 Å². The van der Waals surface area contributed by atoms with Crippen LogP contribution in [0.5, 0.6) is 11.5 Å². The molecule has 206 valence electrons. The molecule has 4 aromatic carbocycles. The molecule has 0 atom stereocenters. The topological polar surface area (TPSA) is 99.6 Å². The third-order valence-corrected chi connectivity index (χ3v) is 6.55. The van der Waals surface area contributed by atoms with Crippen LogP contribution in [0.25, 0.3) is 22.3 Å². The molecule has 0 aliphatic rings. The second-order valence-corrected chi connectivity index (χ2v) is 9.50. The van der Waals surface area contributed by atoms with Gasteiger partial charge in [-0.05, 0) is 72.5 Å². The monoisotopic (exact) mass is 555 g/mol. The summed E-state index contributed by atoms with van der Waals surface area (Å²) in [6.07, 6.45) is 0. The summed E-state index contributed by atoms with van der Waals surface area (Å²) in [5.74, 6) is -0.811. The van der Waals surface area contributed by atoms with Crippen molar-refractivity contribution in [2.75, 3.05) is 0 Å². The maximum absolute atomic E-state index is 12.7. The Kier molecular flexibility index (Phi) is 8.11. The van der Waals surface area contributed by atoms with Gasteiger partial charge in [-0.3, -0.25) is 9.59 Å². The average molecular weight is 556 g/mol. The Labute approximate surface area is 242 Å². The quantitative estimate of drug-likeness (QED) is 0.113. The maximum Gasteiger partial charge on any atom is 0.362 e. The molecule has 0 aliphatic carbocycles. The van der Waals surface area contributed by atoms with Gasteiger partial charge in [0.2, 0.25) is 0 Å². The predicted molar refractivity (Wildman–Crippen MR) is 158 cm³/mol. The van der Waals surface area contributed by atoms with Gasteiger partial charge in [0.1, 0.15) is 22.9 Å². The van der Waals surface area contributed by atoms with E-state index in [0.717, 1.165) is 22.3 Å². The third kappa shape index (κ3) is 6.54. The third-order valence-electron chi connectivity index (χ3n) is 6.55. The van der Waals surface area contributed by atoms with Gasteiger partial charge in [0, 0.05) is 11.1 Å². The summed E-state index contributed by atoms with van der Waals surface area (Å²) in [6, 6.07) is 32.8. The highest BCUT2D eigenvalue weighted by atomic mass is 16.5. The van der Waals surface area contributed by atoms with Crippen molar-refractivity contribution in [3.63, 3.8) is 0 Å². The first kappa shape index (κ1) is 27.9. The molecule has 0 saturated carbocycles. The molecule has 0 radical (unpaired) electrons. The number of Topliss-reactive ketones (excluding diaryl/α,β-unsaturated/α-hetero) is 2. The van der Waals surface area contributed by atoms with Crippen LogP contribution in [0.2, 0.25) is 0 Å². The zero-order valence-corrected chi connectivity index (χ0v) is 22.9. The van der Waals surface area contributed by atoms with Gasteiger partial charge in [-0.15, -0.1) is 0 Å². The van der Waals surface area contributed by atoms with Gasteiger partial charge in [0.15, 0.2) is 11.6 Å². The molecule has 5 rings (SSSR count). The zero-order chi connectivity index (χ0) is 29.6. The Morgan fingerprint density at radius 1 is 0.452 bits per heavy atom. The Bertz CT molecular complexity index is 1640. The lowest BCUT2D eigenvalue weighted by Crippen LogP contribution is -2.15. The number of benzene rings is 4. The molecule has 0 unspecified atom stereocenters. The first-order valence-electron chi connectivity index (χ1n) is 13.1. The Hall–Kier alpha value is -5.69. The van der Waals surface area contributed by atoms with Crippen molar-refractivity contribution in [2.24, 2.45) is 0 Å². The summed E-state index contributed by atoms with van der Waals surface area (Å²) in [7, 11) is 0. The van der Waals surface area contributed by atoms with Gasteiger partial charge in [0.05, 0.1) is 0 Å². The first-order chi connectivity index (χ1) is 20.3. The Morgan fingerprint density at radius 3 is 1.07 bits per heavy atom. The number of ketones is 2. The molecule has 42 heavy (non-hydrogen) atoms. The molecule has 1 heterocycles. The number of hydrogen-bond donors (Lipinski definition) is 0. The molecule has 0 amide bonds. The molecular weight excluding hydrogens is 530 g/mol. The van der Waals surface area contributed by atoms with Crippen LogP contribution >= 0.6 is 0 Å². The van der Waals surface area contributed by atoms with E-state index >= 15 is 0 Å². The summed E-state index contributed by atoms with van der Waals surface area (Å²) in [4.78, 5) is 52.6. The summed E-state index contributed by atoms with van der Waals surface area (Å²) in [5.41, 5.74) is 4.81. The summed E-state index contributed by atoms with van der Waals surface area (Å²) >= 11 is 0. The number of hydrogen-bond acceptors (Lipinski definition) is 7. The molecule has 7 nitrogen and oxygen atoms in total. The SMILES string of the molecule is CC(=O)c1ccc(-c2ccc(OC(=O)c3cccc(C(=O)Oc4ccc(-c5ccc(C(C)=O)cc5)cc4)n3)cc2)cc1. The van der Waals surface area contributed by atoms with Gasteiger partial charge in [-0.2, -0.15) is 0 Å². The van der Waals surface area contributed by atoms with Crippen LogP contribution < -0.4 is 9.47 Å². The van der Waals surface area contributed by atoms with E-state index in [2.05, 4.69) is 4.98 Å². The van der Waals surface area contributed by atoms with E-state index in [-0.39, 0.29) is 23.0 Å². The fraction of sp³-hybridized carbons (Fsp3) is 0.0571. The van der Waals surface area contributed by atoms with Crippen LogP contribution in [0.15, 0.2) is 115 Å². The van der Waals surface area contributed by atoms with Crippen molar-refractivity contribution in [1.82, 2.24) is 4.98 Å². The van der Waals surface area contributed by atoms with Gasteiger partial charge in [0.25, 0.3) is 0 Å². The predicted octanol–water partition coefficient (Wildman–Crippen LogP) is 7.26. The molecular formula is C35H25NO6. The summed E-state index contributed by atoms with van der Waals surface area (Å²) < 4.78 is 10.9. The summed E-state index contributed by atoms with van der Waals surface area (Å²) in [5, 5.41) is 0. The summed E-state index contributed by atoms with van der Waals surface area (Å²) in [6.45, 7) is 3.04. The van der Waals surface area contributed by atoms with Crippen LogP contribution in [-0.2, 0) is 0 Å². The van der Waals surface area contributed by atoms with Crippen molar-refractivity contribution in [3.05, 3.63) is 138 Å². The molecule has 0 N–H and O–H groups in total. The minimum atomic E-state index is -0.719. The van der Waals surface area contributed by atoms with Crippen molar-refractivity contribution in [3.8, 4) is 33.8 Å². The number of carbonyl (C=O) groups is 4. The molecule has 0 saturated heterocycles. The van der Waals surface area contributed by atoms with Gasteiger partial charge in [-0.1, -0.05) is 78.9 Å². The Morgan fingerprint density at radius 2 is 0.762 bits per heavy atom. The molecule has 0 fully saturated rings. The second-order valence-electron chi connectivity index (χ2n) is 9.50. The molecule has 0 spiro atoms. The number of rotatable bonds is 8. The maximum atomic E-state index is 12.7. The minimum absolute atomic E-state index is 0.00110. The van der Waals surface area contributed by atoms with Crippen LogP contribution in [0.1, 0.15) is 55.5 Å². The number of pyridine rings is 1. The number of ether oxygens (including phenoxy) is 2. The first-order valence-corrected chi connectivity index (χ1v) is 13.1. The fourth-order valence-corrected chi connectivity index (χ4v) is 4.21. The van der Waals surface area contributed by atoms with Crippen LogP contribution in [0.3, 0.4) is 0 Å². The smallest absolute Gasteiger partial charge is 0.362 e. The number of nitrogens with zero attached hydrogens (tertiary/aromatic N) is 1. The lowest BCUT2D eigenvalue weighted by molar-refractivity contribution is 0.0721. The second kappa shape index (κ2) is 12.2. The zero-order valence-electron chi connectivity index (χ0n) is 22.9. The van der Waals surface area contributed by atoms with Crippen molar-refractivity contribution in [1.29, 1.82) is 0 Å². The number of esters is 2. The van der Waals surface area contributed by atoms with Gasteiger partial charge in [-0.25, -0.2) is 14.6 Å². The lowest BCUT2D eigenvalue weighted by Gasteiger charge is -2.08. The van der Waals surface area contributed by atoms with E-state index in [1.165, 1.54) is 32.0 Å². The van der Waals surface area contributed by atoms with E-state index in [1.807, 2.05) is 24.3 Å². The highest BCUT2D eigenvalue weighted by Crippen LogP contribution is 2.25. The largest absolute Gasteiger partial charge is 0.422 e. The van der Waals surface area contributed by atoms with E-state index in [0.29, 0.717) is 22.6 Å². The van der Waals surface area contributed by atoms with Crippen LogP contribution in [0, 0.1) is 0 Å². The lowest BCUT2D eigenvalue weighted by atomic mass is 10.0. The molecule has 0 aliphatic heterocycles. The van der Waals surface area contributed by atoms with Crippen LogP contribution in [-0.4, -0.2) is 28.5 Å². The van der Waals surface area contributed by atoms with Gasteiger partial charge < -0.3 is 9.47 Å². The Balaban J connectivity index is 1.21. The normalized spacial score (nSPS) is 10.5. The van der Waals surface area contributed by atoms with E-state index < -0.39 is 11.9 Å². The standard InChI is InChI=1S/C35H25NO6/c1-22(37)24-6-10-26(11-7-24)28-14-18-30(19-15-28)41-34(39)32-4-3-5-33(36-32)35(40)42-31-20-16-29(17-21-31)27-12-8-25(9-13-27)23(2)38/h3-21H,1-2H3. The van der Waals surface area contributed by atoms with Gasteiger partial charge >= 0.3 is 11.9 Å². The number of aromatic nitrogens is 1. The molecule has 0 bridgehead atoms. The minimum Gasteiger partial charge on any atom is -0.422 e. The van der Waals surface area contributed by atoms with E-state index in [4.69, 9.17) is 9.47 Å². The molecule has 1 aromatic heterocycles. The van der Waals surface area contributed by atoms with Crippen molar-refractivity contribution >= 4 is 23.5 Å². The molecule has 7 heteroatoms. The van der Waals surface area contributed by atoms with Crippen molar-refractivity contribution < 1.29 is 28.7 Å². The van der Waals surface area contributed by atoms with E-state index in [9.17, 15) is 19.2 Å². The fourth-order valence-electron chi connectivity index (χ4n) is 4.21. The van der Waals surface area contributed by atoms with Crippen molar-refractivity contribution in [2.45, 2.75) is 13.8 Å². The highest BCUT2D eigenvalue weighted by Gasteiger charge is 2.16. The average Bonchev–Trinajstić information content (AvgIpc) is 3.02.